The zero-order chi connectivity index (χ0) is 13.2. The predicted octanol–water partition coefficient (Wildman–Crippen LogP) is 2.05. The molecule has 0 aliphatic rings. The molecule has 1 amide bonds. The minimum absolute atomic E-state index is 0.127. The number of fused-ring (bicyclic) bond motifs is 1. The Labute approximate surface area is 106 Å². The second-order valence-corrected chi connectivity index (χ2v) is 5.51. The van der Waals surface area contributed by atoms with E-state index in [2.05, 4.69) is 0 Å². The third-order valence-electron chi connectivity index (χ3n) is 2.61. The maximum Gasteiger partial charge on any atom is 0.264 e. The lowest BCUT2D eigenvalue weighted by Crippen LogP contribution is -2.29. The summed E-state index contributed by atoms with van der Waals surface area (Å²) < 4.78 is 26.2. The van der Waals surface area contributed by atoms with Crippen molar-refractivity contribution >= 4 is 26.7 Å². The van der Waals surface area contributed by atoms with Crippen LogP contribution in [0.4, 0.5) is 0 Å². The quantitative estimate of drug-likeness (QED) is 0.921. The molecule has 0 radical (unpaired) electrons. The van der Waals surface area contributed by atoms with Crippen LogP contribution in [-0.2, 0) is 14.8 Å². The Morgan fingerprint density at radius 1 is 1.11 bits per heavy atom. The molecule has 0 aliphatic carbocycles. The van der Waals surface area contributed by atoms with Gasteiger partial charge in [0.1, 0.15) is 0 Å². The summed E-state index contributed by atoms with van der Waals surface area (Å²) in [6.07, 6.45) is 0.129. The maximum absolute atomic E-state index is 12.1. The molecule has 0 saturated heterocycles. The van der Waals surface area contributed by atoms with E-state index < -0.39 is 15.9 Å². The van der Waals surface area contributed by atoms with Crippen LogP contribution in [-0.4, -0.2) is 14.3 Å². The number of amides is 1. The molecule has 5 heteroatoms. The largest absolute Gasteiger partial charge is 0.274 e. The van der Waals surface area contributed by atoms with Crippen LogP contribution in [0.25, 0.3) is 10.8 Å². The lowest BCUT2D eigenvalue weighted by molar-refractivity contribution is -0.119. The minimum Gasteiger partial charge on any atom is -0.274 e. The van der Waals surface area contributed by atoms with Crippen molar-refractivity contribution in [3.63, 3.8) is 0 Å². The predicted molar refractivity (Wildman–Crippen MR) is 69.6 cm³/mol. The molecule has 0 bridgehead atoms. The number of carbonyl (C=O) groups is 1. The fraction of sp³-hybridized carbons (Fsp3) is 0.154. The van der Waals surface area contributed by atoms with Crippen LogP contribution in [0.2, 0.25) is 0 Å². The van der Waals surface area contributed by atoms with Crippen LogP contribution < -0.4 is 4.72 Å². The molecule has 0 fully saturated rings. The summed E-state index contributed by atoms with van der Waals surface area (Å²) in [6, 6.07) is 12.1. The highest BCUT2D eigenvalue weighted by Crippen LogP contribution is 2.22. The van der Waals surface area contributed by atoms with Crippen molar-refractivity contribution in [1.82, 2.24) is 4.72 Å². The molecule has 2 rings (SSSR count). The number of hydrogen-bond donors (Lipinski definition) is 1. The summed E-state index contributed by atoms with van der Waals surface area (Å²) in [6.45, 7) is 1.61. The first kappa shape index (κ1) is 12.6. The van der Waals surface area contributed by atoms with Crippen molar-refractivity contribution in [3.05, 3.63) is 42.5 Å². The molecule has 0 saturated carbocycles. The zero-order valence-corrected chi connectivity index (χ0v) is 10.7. The van der Waals surface area contributed by atoms with E-state index in [-0.39, 0.29) is 11.3 Å². The van der Waals surface area contributed by atoms with Gasteiger partial charge in [-0.05, 0) is 11.5 Å². The third kappa shape index (κ3) is 2.36. The molecule has 18 heavy (non-hydrogen) atoms. The topological polar surface area (TPSA) is 63.2 Å². The van der Waals surface area contributed by atoms with E-state index in [4.69, 9.17) is 0 Å². The van der Waals surface area contributed by atoms with E-state index in [0.717, 1.165) is 5.39 Å². The number of benzene rings is 2. The summed E-state index contributed by atoms with van der Waals surface area (Å²) in [5.41, 5.74) is 0. The average molecular weight is 263 g/mol. The van der Waals surface area contributed by atoms with E-state index >= 15 is 0 Å². The first-order valence-electron chi connectivity index (χ1n) is 5.58. The van der Waals surface area contributed by atoms with Gasteiger partial charge in [-0.15, -0.1) is 0 Å². The summed E-state index contributed by atoms with van der Waals surface area (Å²) in [5, 5.41) is 1.43. The lowest BCUT2D eigenvalue weighted by atomic mass is 10.1. The lowest BCUT2D eigenvalue weighted by Gasteiger charge is -2.08. The molecule has 0 unspecified atom stereocenters. The van der Waals surface area contributed by atoms with E-state index in [1.54, 1.807) is 25.1 Å². The summed E-state index contributed by atoms with van der Waals surface area (Å²) in [4.78, 5) is 11.4. The van der Waals surface area contributed by atoms with Gasteiger partial charge in [0.25, 0.3) is 10.0 Å². The number of hydrogen-bond acceptors (Lipinski definition) is 3. The van der Waals surface area contributed by atoms with Crippen molar-refractivity contribution < 1.29 is 13.2 Å². The first-order chi connectivity index (χ1) is 8.54. The molecule has 0 aliphatic heterocycles. The van der Waals surface area contributed by atoms with Gasteiger partial charge in [-0.1, -0.05) is 43.3 Å². The van der Waals surface area contributed by atoms with Crippen LogP contribution in [0, 0.1) is 0 Å². The Balaban J connectivity index is 2.57. The van der Waals surface area contributed by atoms with Crippen LogP contribution in [0.5, 0.6) is 0 Å². The normalized spacial score (nSPS) is 11.4. The Morgan fingerprint density at radius 3 is 2.50 bits per heavy atom. The molecular formula is C13H13NO3S. The molecule has 2 aromatic carbocycles. The molecular weight excluding hydrogens is 250 g/mol. The second-order valence-electron chi connectivity index (χ2n) is 3.86. The Hall–Kier alpha value is -1.88. The van der Waals surface area contributed by atoms with E-state index in [0.29, 0.717) is 5.39 Å². The highest BCUT2D eigenvalue weighted by molar-refractivity contribution is 7.90. The van der Waals surface area contributed by atoms with Crippen molar-refractivity contribution in [2.24, 2.45) is 0 Å². The highest BCUT2D eigenvalue weighted by atomic mass is 32.2. The fourth-order valence-corrected chi connectivity index (χ4v) is 2.99. The summed E-state index contributed by atoms with van der Waals surface area (Å²) in [5.74, 6) is -0.511. The van der Waals surface area contributed by atoms with E-state index in [1.165, 1.54) is 6.07 Å². The first-order valence-corrected chi connectivity index (χ1v) is 7.06. The molecule has 4 nitrogen and oxygen atoms in total. The van der Waals surface area contributed by atoms with Gasteiger partial charge < -0.3 is 0 Å². The SMILES string of the molecule is CCC(=O)NS(=O)(=O)c1cccc2ccccc12. The molecule has 0 aromatic heterocycles. The second kappa shape index (κ2) is 4.78. The number of sulfonamides is 1. The van der Waals surface area contributed by atoms with Crippen molar-refractivity contribution in [1.29, 1.82) is 0 Å². The Bertz CT molecular complexity index is 687. The molecule has 0 heterocycles. The monoisotopic (exact) mass is 263 g/mol. The zero-order valence-electron chi connectivity index (χ0n) is 9.88. The van der Waals surface area contributed by atoms with Gasteiger partial charge in [0, 0.05) is 11.8 Å². The average Bonchev–Trinajstić information content (AvgIpc) is 2.37. The van der Waals surface area contributed by atoms with Gasteiger partial charge in [0.2, 0.25) is 5.91 Å². The van der Waals surface area contributed by atoms with E-state index in [1.807, 2.05) is 22.9 Å². The number of carbonyl (C=O) groups excluding carboxylic acids is 1. The van der Waals surface area contributed by atoms with Gasteiger partial charge >= 0.3 is 0 Å². The highest BCUT2D eigenvalue weighted by Gasteiger charge is 2.18. The van der Waals surface area contributed by atoms with Gasteiger partial charge in [0.05, 0.1) is 4.90 Å². The number of rotatable bonds is 3. The van der Waals surface area contributed by atoms with Crippen LogP contribution in [0.1, 0.15) is 13.3 Å². The summed E-state index contributed by atoms with van der Waals surface area (Å²) >= 11 is 0. The molecule has 1 N–H and O–H groups in total. The van der Waals surface area contributed by atoms with Crippen molar-refractivity contribution in [3.8, 4) is 0 Å². The molecule has 94 valence electrons. The van der Waals surface area contributed by atoms with Crippen molar-refractivity contribution in [2.75, 3.05) is 0 Å². The van der Waals surface area contributed by atoms with Gasteiger partial charge in [-0.3, -0.25) is 4.79 Å². The smallest absolute Gasteiger partial charge is 0.264 e. The van der Waals surface area contributed by atoms with E-state index in [9.17, 15) is 13.2 Å². The van der Waals surface area contributed by atoms with Gasteiger partial charge in [0.15, 0.2) is 0 Å². The molecule has 0 spiro atoms. The number of nitrogens with one attached hydrogen (secondary N) is 1. The van der Waals surface area contributed by atoms with Gasteiger partial charge in [-0.25, -0.2) is 13.1 Å². The maximum atomic E-state index is 12.1. The Kier molecular flexibility index (Phi) is 3.34. The Morgan fingerprint density at radius 2 is 1.78 bits per heavy atom. The molecule has 2 aromatic rings. The van der Waals surface area contributed by atoms with Crippen molar-refractivity contribution in [2.45, 2.75) is 18.2 Å². The standard InChI is InChI=1S/C13H13NO3S/c1-2-13(15)14-18(16,17)12-9-5-7-10-6-3-4-8-11(10)12/h3-9H,2H2,1H3,(H,14,15). The third-order valence-corrected chi connectivity index (χ3v) is 4.04. The van der Waals surface area contributed by atoms with Crippen LogP contribution in [0.15, 0.2) is 47.4 Å². The van der Waals surface area contributed by atoms with Gasteiger partial charge in [-0.2, -0.15) is 0 Å². The fourth-order valence-electron chi connectivity index (χ4n) is 1.71. The summed E-state index contributed by atoms with van der Waals surface area (Å²) in [7, 11) is -3.80. The molecule has 0 atom stereocenters. The van der Waals surface area contributed by atoms with Crippen LogP contribution in [0.3, 0.4) is 0 Å². The van der Waals surface area contributed by atoms with Crippen LogP contribution >= 0.6 is 0 Å². The minimum atomic E-state index is -3.80.